The van der Waals surface area contributed by atoms with Crippen molar-refractivity contribution in [1.82, 2.24) is 10.3 Å². The highest BCUT2D eigenvalue weighted by atomic mass is 79.9. The molecule has 0 aliphatic heterocycles. The van der Waals surface area contributed by atoms with E-state index in [1.54, 1.807) is 18.5 Å². The van der Waals surface area contributed by atoms with Crippen molar-refractivity contribution in [1.29, 1.82) is 0 Å². The van der Waals surface area contributed by atoms with Crippen molar-refractivity contribution < 1.29 is 14.7 Å². The molecule has 0 saturated heterocycles. The number of pyridine rings is 1. The van der Waals surface area contributed by atoms with Crippen molar-refractivity contribution in [3.63, 3.8) is 0 Å². The number of carbonyl (C=O) groups excluding carboxylic acids is 1. The summed E-state index contributed by atoms with van der Waals surface area (Å²) in [5.41, 5.74) is 0.891. The Morgan fingerprint density at radius 2 is 1.95 bits per heavy atom. The van der Waals surface area contributed by atoms with E-state index in [0.29, 0.717) is 19.4 Å². The lowest BCUT2D eigenvalue weighted by atomic mass is 9.78. The number of carboxylic acid groups (broad SMARTS) is 1. The summed E-state index contributed by atoms with van der Waals surface area (Å²) in [4.78, 5) is 27.8. The van der Waals surface area contributed by atoms with E-state index in [1.807, 2.05) is 6.07 Å². The van der Waals surface area contributed by atoms with E-state index in [0.717, 1.165) is 5.56 Å². The van der Waals surface area contributed by atoms with E-state index >= 15 is 0 Å². The third-order valence-corrected chi connectivity index (χ3v) is 6.41. The summed E-state index contributed by atoms with van der Waals surface area (Å²) in [5, 5.41) is 12.1. The lowest BCUT2D eigenvalue weighted by Crippen LogP contribution is -2.44. The van der Waals surface area contributed by atoms with E-state index in [1.165, 1.54) is 0 Å². The van der Waals surface area contributed by atoms with E-state index in [2.05, 4.69) is 42.2 Å². The number of alkyl halides is 2. The lowest BCUT2D eigenvalue weighted by Gasteiger charge is -2.33. The van der Waals surface area contributed by atoms with Crippen LogP contribution < -0.4 is 5.32 Å². The normalized spacial score (nSPS) is 28.9. The first kappa shape index (κ1) is 16.4. The van der Waals surface area contributed by atoms with E-state index in [-0.39, 0.29) is 15.6 Å². The number of carbonyl (C=O) groups is 2. The molecule has 1 aliphatic rings. The second kappa shape index (κ2) is 7.35. The SMILES string of the molecule is O=C(NCc1cccnc1)[C@H]1C[C@@H](Br)[C@@H](Br)C[C@H]1C(=O)O. The molecule has 0 unspecified atom stereocenters. The quantitative estimate of drug-likeness (QED) is 0.734. The number of halogens is 2. The zero-order valence-electron chi connectivity index (χ0n) is 11.2. The van der Waals surface area contributed by atoms with Crippen LogP contribution in [0.2, 0.25) is 0 Å². The van der Waals surface area contributed by atoms with E-state index in [9.17, 15) is 14.7 Å². The maximum absolute atomic E-state index is 12.3. The van der Waals surface area contributed by atoms with Gasteiger partial charge in [-0.15, -0.1) is 0 Å². The zero-order chi connectivity index (χ0) is 15.4. The number of carboxylic acids is 1. The molecule has 21 heavy (non-hydrogen) atoms. The molecule has 0 radical (unpaired) electrons. The fourth-order valence-electron chi connectivity index (χ4n) is 2.49. The molecule has 2 rings (SSSR count). The van der Waals surface area contributed by atoms with Crippen LogP contribution in [0.25, 0.3) is 0 Å². The molecule has 7 heteroatoms. The summed E-state index contributed by atoms with van der Waals surface area (Å²) in [6.45, 7) is 0.361. The van der Waals surface area contributed by atoms with Crippen LogP contribution in [-0.2, 0) is 16.1 Å². The van der Waals surface area contributed by atoms with Gasteiger partial charge in [-0.05, 0) is 24.5 Å². The Morgan fingerprint density at radius 3 is 2.52 bits per heavy atom. The van der Waals surface area contributed by atoms with Gasteiger partial charge in [0.05, 0.1) is 11.8 Å². The number of hydrogen-bond donors (Lipinski definition) is 2. The van der Waals surface area contributed by atoms with Gasteiger partial charge in [0.2, 0.25) is 5.91 Å². The van der Waals surface area contributed by atoms with Gasteiger partial charge in [0, 0.05) is 28.6 Å². The molecule has 2 N–H and O–H groups in total. The topological polar surface area (TPSA) is 79.3 Å². The number of hydrogen-bond acceptors (Lipinski definition) is 3. The Kier molecular flexibility index (Phi) is 5.75. The first-order valence-electron chi connectivity index (χ1n) is 6.66. The first-order valence-corrected chi connectivity index (χ1v) is 8.49. The Morgan fingerprint density at radius 1 is 1.29 bits per heavy atom. The largest absolute Gasteiger partial charge is 0.481 e. The predicted molar refractivity (Wildman–Crippen MR) is 85.4 cm³/mol. The molecule has 1 heterocycles. The standard InChI is InChI=1S/C14H16Br2N2O3/c15-11-4-9(10(14(20)21)5-12(11)16)13(19)18-7-8-2-1-3-17-6-8/h1-3,6,9-12H,4-5,7H2,(H,18,19)(H,20,21)/t9-,10+,11+,12-/m0/s1. The summed E-state index contributed by atoms with van der Waals surface area (Å²) < 4.78 is 0. The van der Waals surface area contributed by atoms with Crippen LogP contribution in [0.15, 0.2) is 24.5 Å². The van der Waals surface area contributed by atoms with Crippen molar-refractivity contribution in [2.24, 2.45) is 11.8 Å². The second-order valence-corrected chi connectivity index (χ2v) is 7.49. The maximum atomic E-state index is 12.3. The molecule has 0 bridgehead atoms. The third-order valence-electron chi connectivity index (χ3n) is 3.68. The summed E-state index contributed by atoms with van der Waals surface area (Å²) in [7, 11) is 0. The summed E-state index contributed by atoms with van der Waals surface area (Å²) in [6.07, 6.45) is 4.29. The monoisotopic (exact) mass is 418 g/mol. The molecule has 1 aromatic rings. The van der Waals surface area contributed by atoms with Gasteiger partial charge in [-0.25, -0.2) is 0 Å². The summed E-state index contributed by atoms with van der Waals surface area (Å²) >= 11 is 6.97. The minimum atomic E-state index is -0.916. The number of nitrogens with zero attached hydrogens (tertiary/aromatic N) is 1. The van der Waals surface area contributed by atoms with Crippen LogP contribution in [-0.4, -0.2) is 31.6 Å². The molecule has 0 spiro atoms. The van der Waals surface area contributed by atoms with Crippen LogP contribution >= 0.6 is 31.9 Å². The van der Waals surface area contributed by atoms with Crippen LogP contribution in [0, 0.1) is 11.8 Å². The minimum absolute atomic E-state index is 0.0703. The lowest BCUT2D eigenvalue weighted by molar-refractivity contribution is -0.148. The number of aliphatic carboxylic acids is 1. The van der Waals surface area contributed by atoms with Crippen LogP contribution in [0.4, 0.5) is 0 Å². The fourth-order valence-corrected chi connectivity index (χ4v) is 3.73. The average molecular weight is 420 g/mol. The number of nitrogens with one attached hydrogen (secondary N) is 1. The van der Waals surface area contributed by atoms with Crippen LogP contribution in [0.3, 0.4) is 0 Å². The molecule has 1 aliphatic carbocycles. The van der Waals surface area contributed by atoms with E-state index < -0.39 is 17.8 Å². The van der Waals surface area contributed by atoms with Crippen molar-refractivity contribution in [3.05, 3.63) is 30.1 Å². The van der Waals surface area contributed by atoms with Gasteiger partial charge in [-0.2, -0.15) is 0 Å². The Balaban J connectivity index is 2.00. The van der Waals surface area contributed by atoms with Gasteiger partial charge < -0.3 is 10.4 Å². The first-order chi connectivity index (χ1) is 9.99. The molecule has 1 aromatic heterocycles. The number of amides is 1. The van der Waals surface area contributed by atoms with Gasteiger partial charge >= 0.3 is 5.97 Å². The van der Waals surface area contributed by atoms with Gasteiger partial charge in [0.15, 0.2) is 0 Å². The predicted octanol–water partition coefficient (Wildman–Crippen LogP) is 2.34. The molecule has 0 aromatic carbocycles. The van der Waals surface area contributed by atoms with Crippen molar-refractivity contribution >= 4 is 43.7 Å². The van der Waals surface area contributed by atoms with Crippen LogP contribution in [0.5, 0.6) is 0 Å². The fraction of sp³-hybridized carbons (Fsp3) is 0.500. The number of rotatable bonds is 4. The number of aromatic nitrogens is 1. The Bertz CT molecular complexity index is 512. The zero-order valence-corrected chi connectivity index (χ0v) is 14.4. The molecule has 1 amide bonds. The Hall–Kier alpha value is -0.950. The smallest absolute Gasteiger partial charge is 0.307 e. The Labute approximate surface area is 139 Å². The maximum Gasteiger partial charge on any atom is 0.307 e. The van der Waals surface area contributed by atoms with Crippen molar-refractivity contribution in [3.8, 4) is 0 Å². The minimum Gasteiger partial charge on any atom is -0.481 e. The van der Waals surface area contributed by atoms with Gasteiger partial charge in [-0.1, -0.05) is 37.9 Å². The summed E-state index contributed by atoms with van der Waals surface area (Å²) in [5.74, 6) is -2.30. The molecular weight excluding hydrogens is 404 g/mol. The molecular formula is C14H16Br2N2O3. The van der Waals surface area contributed by atoms with Gasteiger partial charge in [0.1, 0.15) is 0 Å². The average Bonchev–Trinajstić information content (AvgIpc) is 2.48. The third kappa shape index (κ3) is 4.26. The second-order valence-electron chi connectivity index (χ2n) is 5.13. The van der Waals surface area contributed by atoms with Crippen LogP contribution in [0.1, 0.15) is 18.4 Å². The molecule has 4 atom stereocenters. The van der Waals surface area contributed by atoms with E-state index in [4.69, 9.17) is 0 Å². The highest BCUT2D eigenvalue weighted by Gasteiger charge is 2.42. The van der Waals surface area contributed by atoms with Crippen molar-refractivity contribution in [2.75, 3.05) is 0 Å². The molecule has 114 valence electrons. The van der Waals surface area contributed by atoms with Gasteiger partial charge in [-0.3, -0.25) is 14.6 Å². The van der Waals surface area contributed by atoms with Crippen molar-refractivity contribution in [2.45, 2.75) is 29.0 Å². The highest BCUT2D eigenvalue weighted by Crippen LogP contribution is 2.38. The molecule has 1 saturated carbocycles. The molecule has 5 nitrogen and oxygen atoms in total. The summed E-state index contributed by atoms with van der Waals surface area (Å²) in [6, 6.07) is 3.66. The highest BCUT2D eigenvalue weighted by molar-refractivity contribution is 9.12. The molecule has 1 fully saturated rings. The van der Waals surface area contributed by atoms with Gasteiger partial charge in [0.25, 0.3) is 0 Å².